The molecule has 8 heteroatoms. The van der Waals surface area contributed by atoms with E-state index in [1.54, 1.807) is 0 Å². The van der Waals surface area contributed by atoms with Gasteiger partial charge in [-0.3, -0.25) is 4.79 Å². The molecule has 0 saturated heterocycles. The van der Waals surface area contributed by atoms with E-state index in [4.69, 9.17) is 10.5 Å². The van der Waals surface area contributed by atoms with Crippen LogP contribution in [0.3, 0.4) is 0 Å². The fourth-order valence-corrected chi connectivity index (χ4v) is 1.89. The van der Waals surface area contributed by atoms with Crippen LogP contribution in [0, 0.1) is 0 Å². The third-order valence-corrected chi connectivity index (χ3v) is 2.94. The van der Waals surface area contributed by atoms with Gasteiger partial charge in [0.2, 0.25) is 11.5 Å². The number of nitrogens with zero attached hydrogens (tertiary/aromatic N) is 2. The van der Waals surface area contributed by atoms with Crippen molar-refractivity contribution in [2.75, 3.05) is 18.8 Å². The molecule has 0 bridgehead atoms. The van der Waals surface area contributed by atoms with Gasteiger partial charge in [-0.1, -0.05) is 12.1 Å². The number of nitrogens with two attached hydrogens (primary N) is 1. The number of amides is 1. The minimum absolute atomic E-state index is 0.00532. The van der Waals surface area contributed by atoms with Crippen LogP contribution in [0.25, 0.3) is 0 Å². The average Bonchev–Trinajstić information content (AvgIpc) is 2.94. The Morgan fingerprint density at radius 2 is 2.00 bits per heavy atom. The zero-order valence-corrected chi connectivity index (χ0v) is 13.2. The second-order valence-electron chi connectivity index (χ2n) is 5.24. The maximum absolute atomic E-state index is 11.7. The lowest BCUT2D eigenvalue weighted by atomic mass is 10.2. The molecule has 2 rings (SSSR count). The van der Waals surface area contributed by atoms with Crippen molar-refractivity contribution in [2.24, 2.45) is 0 Å². The molecule has 124 valence electrons. The van der Waals surface area contributed by atoms with Gasteiger partial charge in [0.1, 0.15) is 5.75 Å². The first kappa shape index (κ1) is 16.8. The number of hydrogen-bond donors (Lipinski definition) is 3. The van der Waals surface area contributed by atoms with E-state index >= 15 is 0 Å². The smallest absolute Gasteiger partial charge is 0.277 e. The van der Waals surface area contributed by atoms with E-state index in [-0.39, 0.29) is 17.6 Å². The molecule has 1 heterocycles. The van der Waals surface area contributed by atoms with Gasteiger partial charge < -0.3 is 21.1 Å². The van der Waals surface area contributed by atoms with Crippen molar-refractivity contribution < 1.29 is 14.2 Å². The molecule has 0 atom stereocenters. The van der Waals surface area contributed by atoms with Gasteiger partial charge in [-0.05, 0) is 41.9 Å². The van der Waals surface area contributed by atoms with E-state index in [0.717, 1.165) is 11.3 Å². The van der Waals surface area contributed by atoms with Crippen molar-refractivity contribution in [3.63, 3.8) is 0 Å². The minimum Gasteiger partial charge on any atom is -0.491 e. The Morgan fingerprint density at radius 3 is 2.61 bits per heavy atom. The number of anilines is 1. The molecule has 0 aliphatic rings. The quantitative estimate of drug-likeness (QED) is 0.621. The Labute approximate surface area is 134 Å². The maximum Gasteiger partial charge on any atom is 0.277 e. The Morgan fingerprint density at radius 1 is 1.26 bits per heavy atom. The first-order valence-electron chi connectivity index (χ1n) is 7.39. The predicted octanol–water partition coefficient (Wildman–Crippen LogP) is 0.959. The molecule has 0 spiro atoms. The highest BCUT2D eigenvalue weighted by Crippen LogP contribution is 2.13. The van der Waals surface area contributed by atoms with Crippen molar-refractivity contribution in [3.05, 3.63) is 35.5 Å². The Bertz CT molecular complexity index is 624. The van der Waals surface area contributed by atoms with Crippen LogP contribution in [-0.2, 0) is 6.54 Å². The summed E-state index contributed by atoms with van der Waals surface area (Å²) < 4.78 is 9.96. The Hall–Kier alpha value is -2.61. The van der Waals surface area contributed by atoms with Crippen molar-refractivity contribution in [1.82, 2.24) is 20.9 Å². The van der Waals surface area contributed by atoms with E-state index in [1.807, 2.05) is 38.1 Å². The second kappa shape index (κ2) is 8.14. The van der Waals surface area contributed by atoms with Gasteiger partial charge in [0.05, 0.1) is 6.10 Å². The van der Waals surface area contributed by atoms with Crippen molar-refractivity contribution in [1.29, 1.82) is 0 Å². The third kappa shape index (κ3) is 5.26. The molecule has 1 aromatic carbocycles. The highest BCUT2D eigenvalue weighted by atomic mass is 16.6. The van der Waals surface area contributed by atoms with Crippen molar-refractivity contribution in [2.45, 2.75) is 26.5 Å². The third-order valence-electron chi connectivity index (χ3n) is 2.94. The summed E-state index contributed by atoms with van der Waals surface area (Å²) in [5, 5.41) is 12.7. The number of rotatable bonds is 8. The van der Waals surface area contributed by atoms with E-state index in [9.17, 15) is 4.79 Å². The standard InChI is InChI=1S/C15H21N5O3/c1-10(2)22-12-5-3-11(4-6-12)9-17-7-8-18-15(21)13-14(16)20-23-19-13/h3-6,10,17H,7-9H2,1-2H3,(H2,16,20)(H,18,21). The van der Waals surface area contributed by atoms with Crippen LogP contribution in [0.1, 0.15) is 29.9 Å². The summed E-state index contributed by atoms with van der Waals surface area (Å²) in [5.74, 6) is 0.440. The molecule has 0 saturated carbocycles. The first-order chi connectivity index (χ1) is 11.1. The number of nitrogens with one attached hydrogen (secondary N) is 2. The normalized spacial score (nSPS) is 10.7. The van der Waals surface area contributed by atoms with E-state index in [2.05, 4.69) is 25.6 Å². The summed E-state index contributed by atoms with van der Waals surface area (Å²) >= 11 is 0. The van der Waals surface area contributed by atoms with Crippen LogP contribution in [0.5, 0.6) is 5.75 Å². The largest absolute Gasteiger partial charge is 0.491 e. The van der Waals surface area contributed by atoms with Crippen LogP contribution in [0.15, 0.2) is 28.9 Å². The fourth-order valence-electron chi connectivity index (χ4n) is 1.89. The van der Waals surface area contributed by atoms with Crippen LogP contribution < -0.4 is 21.1 Å². The first-order valence-corrected chi connectivity index (χ1v) is 7.39. The number of carbonyl (C=O) groups is 1. The summed E-state index contributed by atoms with van der Waals surface area (Å²) in [6.45, 7) is 5.74. The molecule has 0 aliphatic carbocycles. The molecule has 0 fully saturated rings. The number of ether oxygens (including phenoxy) is 1. The van der Waals surface area contributed by atoms with Gasteiger partial charge in [-0.15, -0.1) is 0 Å². The predicted molar refractivity (Wildman–Crippen MR) is 85.0 cm³/mol. The summed E-state index contributed by atoms with van der Waals surface area (Å²) in [6, 6.07) is 7.90. The van der Waals surface area contributed by atoms with Crippen molar-refractivity contribution in [3.8, 4) is 5.75 Å². The van der Waals surface area contributed by atoms with Crippen molar-refractivity contribution >= 4 is 11.7 Å². The zero-order chi connectivity index (χ0) is 16.7. The summed E-state index contributed by atoms with van der Waals surface area (Å²) in [6.07, 6.45) is 0.163. The molecule has 23 heavy (non-hydrogen) atoms. The molecular weight excluding hydrogens is 298 g/mol. The molecule has 2 aromatic rings. The summed E-state index contributed by atoms with van der Waals surface area (Å²) in [4.78, 5) is 11.7. The van der Waals surface area contributed by atoms with Gasteiger partial charge in [0.15, 0.2) is 0 Å². The monoisotopic (exact) mass is 319 g/mol. The molecule has 8 nitrogen and oxygen atoms in total. The molecule has 0 radical (unpaired) electrons. The average molecular weight is 319 g/mol. The highest BCUT2D eigenvalue weighted by Gasteiger charge is 2.14. The topological polar surface area (TPSA) is 115 Å². The molecule has 1 amide bonds. The Kier molecular flexibility index (Phi) is 5.93. The van der Waals surface area contributed by atoms with Crippen LogP contribution in [-0.4, -0.2) is 35.4 Å². The Balaban J connectivity index is 1.65. The lowest BCUT2D eigenvalue weighted by molar-refractivity contribution is 0.0944. The maximum atomic E-state index is 11.7. The molecular formula is C15H21N5O3. The van der Waals surface area contributed by atoms with E-state index in [1.165, 1.54) is 0 Å². The van der Waals surface area contributed by atoms with Gasteiger partial charge >= 0.3 is 0 Å². The number of carbonyl (C=O) groups excluding carboxylic acids is 1. The van der Waals surface area contributed by atoms with Gasteiger partial charge in [-0.2, -0.15) is 0 Å². The lowest BCUT2D eigenvalue weighted by Gasteiger charge is -2.10. The molecule has 0 aliphatic heterocycles. The van der Waals surface area contributed by atoms with Gasteiger partial charge in [-0.25, -0.2) is 4.63 Å². The number of aromatic nitrogens is 2. The summed E-state index contributed by atoms with van der Waals surface area (Å²) in [5.41, 5.74) is 6.58. The SMILES string of the molecule is CC(C)Oc1ccc(CNCCNC(=O)c2nonc2N)cc1. The highest BCUT2D eigenvalue weighted by molar-refractivity contribution is 5.95. The summed E-state index contributed by atoms with van der Waals surface area (Å²) in [7, 11) is 0. The molecule has 0 unspecified atom stereocenters. The van der Waals surface area contributed by atoms with Crippen LogP contribution in [0.4, 0.5) is 5.82 Å². The van der Waals surface area contributed by atoms with Crippen LogP contribution in [0.2, 0.25) is 0 Å². The minimum atomic E-state index is -0.402. The number of nitrogen functional groups attached to an aromatic ring is 1. The van der Waals surface area contributed by atoms with E-state index in [0.29, 0.717) is 19.6 Å². The van der Waals surface area contributed by atoms with Gasteiger partial charge in [0, 0.05) is 19.6 Å². The van der Waals surface area contributed by atoms with E-state index < -0.39 is 5.91 Å². The number of benzene rings is 1. The lowest BCUT2D eigenvalue weighted by Crippen LogP contribution is -2.32. The zero-order valence-electron chi connectivity index (χ0n) is 13.2. The molecule has 4 N–H and O–H groups in total. The second-order valence-corrected chi connectivity index (χ2v) is 5.24. The van der Waals surface area contributed by atoms with Gasteiger partial charge in [0.25, 0.3) is 5.91 Å². The number of hydrogen-bond acceptors (Lipinski definition) is 7. The van der Waals surface area contributed by atoms with Crippen LogP contribution >= 0.6 is 0 Å². The fraction of sp³-hybridized carbons (Fsp3) is 0.400. The molecule has 1 aromatic heterocycles.